The van der Waals surface area contributed by atoms with E-state index in [0.29, 0.717) is 24.7 Å². The fourth-order valence-corrected chi connectivity index (χ4v) is 2.18. The second-order valence-corrected chi connectivity index (χ2v) is 5.24. The van der Waals surface area contributed by atoms with E-state index in [4.69, 9.17) is 34.0 Å². The van der Waals surface area contributed by atoms with Gasteiger partial charge in [0, 0.05) is 23.4 Å². The lowest BCUT2D eigenvalue weighted by Crippen LogP contribution is -2.19. The smallest absolute Gasteiger partial charge is 0.110 e. The number of thiocarbonyl (C=S) groups is 1. The van der Waals surface area contributed by atoms with Crippen LogP contribution in [0.5, 0.6) is 0 Å². The number of hydrogen-bond acceptors (Lipinski definition) is 3. The molecule has 0 amide bonds. The largest absolute Gasteiger partial charge is 0.496 e. The van der Waals surface area contributed by atoms with Crippen molar-refractivity contribution in [2.24, 2.45) is 11.8 Å². The van der Waals surface area contributed by atoms with Crippen molar-refractivity contribution in [3.05, 3.63) is 10.8 Å². The van der Waals surface area contributed by atoms with Gasteiger partial charge in [0.15, 0.2) is 0 Å². The molecule has 0 bridgehead atoms. The highest BCUT2D eigenvalue weighted by Crippen LogP contribution is 2.33. The maximum Gasteiger partial charge on any atom is 0.110 e. The van der Waals surface area contributed by atoms with Crippen LogP contribution in [-0.2, 0) is 4.74 Å². The molecular formula is C12H18ClNOS. The molecule has 0 fully saturated rings. The maximum atomic E-state index is 7.68. The summed E-state index contributed by atoms with van der Waals surface area (Å²) in [5.74, 6) is 1.59. The Kier molecular flexibility index (Phi) is 5.42. The van der Waals surface area contributed by atoms with E-state index in [-0.39, 0.29) is 5.92 Å². The highest BCUT2D eigenvalue weighted by Gasteiger charge is 2.23. The number of hydrogen-bond donors (Lipinski definition) is 1. The monoisotopic (exact) mass is 259 g/mol. The first-order valence-corrected chi connectivity index (χ1v) is 6.43. The molecule has 1 aliphatic rings. The van der Waals surface area contributed by atoms with Crippen molar-refractivity contribution in [1.82, 2.24) is 0 Å². The number of allylic oxidation sites excluding steroid dienone is 2. The van der Waals surface area contributed by atoms with Crippen molar-refractivity contribution in [2.75, 3.05) is 6.61 Å². The molecule has 4 heteroatoms. The van der Waals surface area contributed by atoms with Crippen LogP contribution in [0.15, 0.2) is 10.8 Å². The molecule has 0 aromatic rings. The molecule has 1 N–H and O–H groups in total. The summed E-state index contributed by atoms with van der Waals surface area (Å²) in [5.41, 5.74) is 0.510. The van der Waals surface area contributed by atoms with Crippen LogP contribution in [0.4, 0.5) is 0 Å². The third-order valence-corrected chi connectivity index (χ3v) is 3.22. The first kappa shape index (κ1) is 13.7. The summed E-state index contributed by atoms with van der Waals surface area (Å²) < 4.78 is 5.66. The summed E-state index contributed by atoms with van der Waals surface area (Å²) in [5, 5.41) is 9.88. The Morgan fingerprint density at radius 2 is 2.38 bits per heavy atom. The summed E-state index contributed by atoms with van der Waals surface area (Å²) in [6.07, 6.45) is 2.43. The Morgan fingerprint density at radius 3 is 2.88 bits per heavy atom. The lowest BCUT2D eigenvalue weighted by molar-refractivity contribution is 0.162. The molecule has 0 aliphatic heterocycles. The van der Waals surface area contributed by atoms with Crippen molar-refractivity contribution in [2.45, 2.75) is 33.1 Å². The van der Waals surface area contributed by atoms with E-state index >= 15 is 0 Å². The van der Waals surface area contributed by atoms with Crippen molar-refractivity contribution in [3.8, 4) is 0 Å². The van der Waals surface area contributed by atoms with Crippen LogP contribution < -0.4 is 0 Å². The van der Waals surface area contributed by atoms with Crippen LogP contribution >= 0.6 is 23.8 Å². The molecular weight excluding hydrogens is 242 g/mol. The Hall–Kier alpha value is -0.410. The molecule has 1 atom stereocenters. The molecule has 1 aliphatic carbocycles. The van der Waals surface area contributed by atoms with Gasteiger partial charge < -0.3 is 10.1 Å². The van der Waals surface area contributed by atoms with E-state index < -0.39 is 0 Å². The van der Waals surface area contributed by atoms with Gasteiger partial charge >= 0.3 is 0 Å². The Balaban J connectivity index is 2.56. The van der Waals surface area contributed by atoms with Crippen molar-refractivity contribution < 1.29 is 4.74 Å². The van der Waals surface area contributed by atoms with Gasteiger partial charge in [-0.25, -0.2) is 0 Å². The Bertz CT molecular complexity index is 312. The topological polar surface area (TPSA) is 33.1 Å². The third kappa shape index (κ3) is 3.87. The quantitative estimate of drug-likeness (QED) is 0.599. The van der Waals surface area contributed by atoms with Crippen LogP contribution in [0.2, 0.25) is 0 Å². The predicted octanol–water partition coefficient (Wildman–Crippen LogP) is 3.93. The summed E-state index contributed by atoms with van der Waals surface area (Å²) >= 11 is 10.9. The first-order valence-electron chi connectivity index (χ1n) is 5.58. The van der Waals surface area contributed by atoms with Gasteiger partial charge in [-0.15, -0.1) is 0 Å². The lowest BCUT2D eigenvalue weighted by atomic mass is 9.89. The zero-order valence-corrected chi connectivity index (χ0v) is 11.3. The minimum absolute atomic E-state index is 0.177. The average Bonchev–Trinajstić information content (AvgIpc) is 2.26. The van der Waals surface area contributed by atoms with Gasteiger partial charge in [0.05, 0.1) is 11.6 Å². The van der Waals surface area contributed by atoms with Crippen LogP contribution in [-0.4, -0.2) is 17.7 Å². The zero-order valence-electron chi connectivity index (χ0n) is 9.75. The minimum atomic E-state index is 0.177. The van der Waals surface area contributed by atoms with Crippen molar-refractivity contribution in [3.63, 3.8) is 0 Å². The van der Waals surface area contributed by atoms with Crippen molar-refractivity contribution in [1.29, 1.82) is 5.41 Å². The summed E-state index contributed by atoms with van der Waals surface area (Å²) in [6, 6.07) is 0. The van der Waals surface area contributed by atoms with E-state index in [0.717, 1.165) is 23.6 Å². The molecule has 0 heterocycles. The molecule has 2 nitrogen and oxygen atoms in total. The Morgan fingerprint density at radius 1 is 1.69 bits per heavy atom. The van der Waals surface area contributed by atoms with Gasteiger partial charge in [0.25, 0.3) is 0 Å². The van der Waals surface area contributed by atoms with Gasteiger partial charge in [-0.2, -0.15) is 0 Å². The number of nitrogens with one attached hydrogen (secondary N) is 1. The SMILES string of the molecule is CC(C)COC1=C(Cl)CC(C(=N)C=S)CC1. The lowest BCUT2D eigenvalue weighted by Gasteiger charge is -2.24. The summed E-state index contributed by atoms with van der Waals surface area (Å²) in [4.78, 5) is 0. The molecule has 0 radical (unpaired) electrons. The van der Waals surface area contributed by atoms with Crippen molar-refractivity contribution >= 4 is 34.9 Å². The van der Waals surface area contributed by atoms with Gasteiger partial charge in [0.2, 0.25) is 0 Å². The average molecular weight is 260 g/mol. The predicted molar refractivity (Wildman–Crippen MR) is 72.4 cm³/mol. The molecule has 0 spiro atoms. The van der Waals surface area contributed by atoms with Gasteiger partial charge in [-0.3, -0.25) is 0 Å². The second-order valence-electron chi connectivity index (χ2n) is 4.55. The fourth-order valence-electron chi connectivity index (χ4n) is 1.65. The zero-order chi connectivity index (χ0) is 12.1. The highest BCUT2D eigenvalue weighted by molar-refractivity contribution is 7.80. The summed E-state index contributed by atoms with van der Waals surface area (Å²) in [7, 11) is 0. The van der Waals surface area contributed by atoms with E-state index in [1.54, 1.807) is 0 Å². The Labute approximate surface area is 108 Å². The molecule has 1 unspecified atom stereocenters. The van der Waals surface area contributed by atoms with Gasteiger partial charge in [-0.1, -0.05) is 37.7 Å². The fraction of sp³-hybridized carbons (Fsp3) is 0.667. The minimum Gasteiger partial charge on any atom is -0.496 e. The molecule has 0 saturated heterocycles. The van der Waals surface area contributed by atoms with Crippen LogP contribution in [0.1, 0.15) is 33.1 Å². The first-order chi connectivity index (χ1) is 7.54. The van der Waals surface area contributed by atoms with Crippen LogP contribution in [0.25, 0.3) is 0 Å². The number of rotatable bonds is 5. The normalized spacial score (nSPS) is 21.1. The number of halogens is 1. The summed E-state index contributed by atoms with van der Waals surface area (Å²) in [6.45, 7) is 4.94. The standard InChI is InChI=1S/C12H18ClNOS/c1-8(2)6-15-12-4-3-9(5-10(12)13)11(14)7-16/h7-9,14H,3-6H2,1-2H3. The molecule has 1 rings (SSSR count). The molecule has 16 heavy (non-hydrogen) atoms. The van der Waals surface area contributed by atoms with E-state index in [1.807, 2.05) is 0 Å². The van der Waals surface area contributed by atoms with Gasteiger partial charge in [-0.05, 0) is 18.8 Å². The third-order valence-electron chi connectivity index (χ3n) is 2.61. The molecule has 0 aromatic carbocycles. The number of ether oxygens (including phenoxy) is 1. The maximum absolute atomic E-state index is 7.68. The van der Waals surface area contributed by atoms with Crippen LogP contribution in [0.3, 0.4) is 0 Å². The van der Waals surface area contributed by atoms with Crippen LogP contribution in [0, 0.1) is 17.2 Å². The van der Waals surface area contributed by atoms with E-state index in [1.165, 1.54) is 5.37 Å². The van der Waals surface area contributed by atoms with E-state index in [9.17, 15) is 0 Å². The second kappa shape index (κ2) is 6.36. The van der Waals surface area contributed by atoms with E-state index in [2.05, 4.69) is 13.8 Å². The van der Waals surface area contributed by atoms with Gasteiger partial charge in [0.1, 0.15) is 5.76 Å². The molecule has 0 aromatic heterocycles. The molecule has 0 saturated carbocycles. The molecule has 90 valence electrons. The highest BCUT2D eigenvalue weighted by atomic mass is 35.5.